The predicted octanol–water partition coefficient (Wildman–Crippen LogP) is 3.53. The smallest absolute Gasteiger partial charge is 0.143 e. The lowest BCUT2D eigenvalue weighted by molar-refractivity contribution is -0.117. The molecule has 2 aromatic rings. The average molecular weight is 291 g/mol. The summed E-state index contributed by atoms with van der Waals surface area (Å²) in [6, 6.07) is 7.96. The van der Waals surface area contributed by atoms with E-state index in [0.29, 0.717) is 17.9 Å². The van der Waals surface area contributed by atoms with Crippen LogP contribution in [0, 0.1) is 13.8 Å². The maximum atomic E-state index is 12.3. The Morgan fingerprint density at radius 3 is 2.60 bits per heavy atom. The second kappa shape index (κ2) is 6.23. The van der Waals surface area contributed by atoms with Gasteiger partial charge in [-0.05, 0) is 31.9 Å². The summed E-state index contributed by atoms with van der Waals surface area (Å²) in [5.74, 6) is 0.163. The number of benzene rings is 1. The van der Waals surface area contributed by atoms with E-state index in [0.717, 1.165) is 29.1 Å². The van der Waals surface area contributed by atoms with Gasteiger partial charge in [0.2, 0.25) is 0 Å². The highest BCUT2D eigenvalue weighted by Gasteiger charge is 2.16. The summed E-state index contributed by atoms with van der Waals surface area (Å²) < 4.78 is 1.81. The van der Waals surface area contributed by atoms with Crippen LogP contribution in [0.3, 0.4) is 0 Å². The van der Waals surface area contributed by atoms with Gasteiger partial charge in [-0.1, -0.05) is 35.9 Å². The van der Waals surface area contributed by atoms with Crippen LogP contribution in [0.4, 0.5) is 0 Å². The van der Waals surface area contributed by atoms with Gasteiger partial charge >= 0.3 is 0 Å². The highest BCUT2D eigenvalue weighted by molar-refractivity contribution is 6.32. The lowest BCUT2D eigenvalue weighted by Crippen LogP contribution is -2.12. The lowest BCUT2D eigenvalue weighted by atomic mass is 10.0. The van der Waals surface area contributed by atoms with Gasteiger partial charge in [-0.2, -0.15) is 5.10 Å². The molecule has 0 amide bonds. The summed E-state index contributed by atoms with van der Waals surface area (Å²) in [7, 11) is 0. The highest BCUT2D eigenvalue weighted by atomic mass is 35.5. The molecule has 2 rings (SSSR count). The van der Waals surface area contributed by atoms with Crippen molar-refractivity contribution in [1.82, 2.24) is 9.78 Å². The van der Waals surface area contributed by atoms with Gasteiger partial charge in [-0.3, -0.25) is 9.48 Å². The summed E-state index contributed by atoms with van der Waals surface area (Å²) in [6.07, 6.45) is 0.777. The van der Waals surface area contributed by atoms with Crippen molar-refractivity contribution < 1.29 is 4.79 Å². The van der Waals surface area contributed by atoms with Gasteiger partial charge in [0.05, 0.1) is 22.8 Å². The zero-order valence-electron chi connectivity index (χ0n) is 12.1. The second-order valence-electron chi connectivity index (χ2n) is 4.98. The molecule has 0 spiro atoms. The topological polar surface area (TPSA) is 34.9 Å². The SMILES string of the molecule is CCn1nc(C)c(Cl)c1CC(=O)Cc1ccccc1C. The molecular formula is C16H19ClN2O. The first-order valence-corrected chi connectivity index (χ1v) is 7.18. The molecule has 1 aromatic carbocycles. The fourth-order valence-electron chi connectivity index (χ4n) is 2.31. The van der Waals surface area contributed by atoms with E-state index < -0.39 is 0 Å². The van der Waals surface area contributed by atoms with E-state index in [1.165, 1.54) is 0 Å². The van der Waals surface area contributed by atoms with Crippen LogP contribution < -0.4 is 0 Å². The summed E-state index contributed by atoms with van der Waals surface area (Å²) in [6.45, 7) is 6.61. The average Bonchev–Trinajstić information content (AvgIpc) is 2.69. The molecule has 0 unspecified atom stereocenters. The first kappa shape index (κ1) is 14.8. The largest absolute Gasteiger partial charge is 0.299 e. The number of hydrogen-bond acceptors (Lipinski definition) is 2. The summed E-state index contributed by atoms with van der Waals surface area (Å²) >= 11 is 6.24. The van der Waals surface area contributed by atoms with Crippen LogP contribution in [0.5, 0.6) is 0 Å². The monoisotopic (exact) mass is 290 g/mol. The van der Waals surface area contributed by atoms with Crippen molar-refractivity contribution in [1.29, 1.82) is 0 Å². The molecule has 0 radical (unpaired) electrons. The van der Waals surface area contributed by atoms with Gasteiger partial charge in [0, 0.05) is 13.0 Å². The van der Waals surface area contributed by atoms with Crippen molar-refractivity contribution in [2.75, 3.05) is 0 Å². The summed E-state index contributed by atoms with van der Waals surface area (Å²) in [5.41, 5.74) is 3.83. The molecule has 20 heavy (non-hydrogen) atoms. The van der Waals surface area contributed by atoms with Crippen molar-refractivity contribution in [2.45, 2.75) is 40.2 Å². The van der Waals surface area contributed by atoms with Gasteiger partial charge < -0.3 is 0 Å². The van der Waals surface area contributed by atoms with Crippen LogP contribution in [-0.2, 0) is 24.2 Å². The number of halogens is 1. The second-order valence-corrected chi connectivity index (χ2v) is 5.36. The minimum atomic E-state index is 0.163. The molecule has 0 aliphatic carbocycles. The molecule has 106 valence electrons. The normalized spacial score (nSPS) is 10.8. The van der Waals surface area contributed by atoms with E-state index >= 15 is 0 Å². The number of Topliss-reactive ketones (excluding diaryl/α,β-unsaturated/α-hetero) is 1. The standard InChI is InChI=1S/C16H19ClN2O/c1-4-19-15(16(17)12(3)18-19)10-14(20)9-13-8-6-5-7-11(13)2/h5-8H,4,9-10H2,1-3H3. The van der Waals surface area contributed by atoms with Gasteiger partial charge in [0.25, 0.3) is 0 Å². The quantitative estimate of drug-likeness (QED) is 0.844. The van der Waals surface area contributed by atoms with Crippen LogP contribution in [0.25, 0.3) is 0 Å². The number of carbonyl (C=O) groups is 1. The molecule has 1 aromatic heterocycles. The van der Waals surface area contributed by atoms with Crippen LogP contribution in [-0.4, -0.2) is 15.6 Å². The van der Waals surface area contributed by atoms with Crippen LogP contribution in [0.15, 0.2) is 24.3 Å². The van der Waals surface area contributed by atoms with E-state index in [-0.39, 0.29) is 5.78 Å². The fourth-order valence-corrected chi connectivity index (χ4v) is 2.51. The predicted molar refractivity (Wildman–Crippen MR) is 81.2 cm³/mol. The summed E-state index contributed by atoms with van der Waals surface area (Å²) in [5, 5.41) is 4.95. The zero-order valence-corrected chi connectivity index (χ0v) is 12.9. The van der Waals surface area contributed by atoms with E-state index in [9.17, 15) is 4.79 Å². The molecular weight excluding hydrogens is 272 g/mol. The number of carbonyl (C=O) groups excluding carboxylic acids is 1. The summed E-state index contributed by atoms with van der Waals surface area (Å²) in [4.78, 5) is 12.3. The molecule has 0 atom stereocenters. The zero-order chi connectivity index (χ0) is 14.7. The molecule has 0 fully saturated rings. The van der Waals surface area contributed by atoms with E-state index in [1.54, 1.807) is 0 Å². The highest BCUT2D eigenvalue weighted by Crippen LogP contribution is 2.21. The molecule has 0 aliphatic rings. The molecule has 1 heterocycles. The number of hydrogen-bond donors (Lipinski definition) is 0. The molecule has 0 N–H and O–H groups in total. The molecule has 0 saturated heterocycles. The molecule has 4 heteroatoms. The van der Waals surface area contributed by atoms with Crippen molar-refractivity contribution in [3.63, 3.8) is 0 Å². The Morgan fingerprint density at radius 2 is 1.95 bits per heavy atom. The Balaban J connectivity index is 2.15. The maximum Gasteiger partial charge on any atom is 0.143 e. The van der Waals surface area contributed by atoms with E-state index in [1.807, 2.05) is 49.7 Å². The van der Waals surface area contributed by atoms with Gasteiger partial charge in [-0.15, -0.1) is 0 Å². The Labute approximate surface area is 124 Å². The van der Waals surface area contributed by atoms with Gasteiger partial charge in [0.15, 0.2) is 0 Å². The first-order chi connectivity index (χ1) is 9.52. The van der Waals surface area contributed by atoms with Crippen molar-refractivity contribution in [3.05, 3.63) is 51.8 Å². The Morgan fingerprint density at radius 1 is 1.25 bits per heavy atom. The fraction of sp³-hybridized carbons (Fsp3) is 0.375. The Kier molecular flexibility index (Phi) is 4.61. The van der Waals surface area contributed by atoms with Gasteiger partial charge in [-0.25, -0.2) is 0 Å². The number of aromatic nitrogens is 2. The van der Waals surface area contributed by atoms with Crippen molar-refractivity contribution in [2.24, 2.45) is 0 Å². The van der Waals surface area contributed by atoms with Crippen molar-refractivity contribution >= 4 is 17.4 Å². The Hall–Kier alpha value is -1.61. The number of rotatable bonds is 5. The third-order valence-corrected chi connectivity index (χ3v) is 3.96. The third-order valence-electron chi connectivity index (χ3n) is 3.47. The Bertz CT molecular complexity index is 631. The van der Waals surface area contributed by atoms with Crippen LogP contribution in [0.1, 0.15) is 29.4 Å². The first-order valence-electron chi connectivity index (χ1n) is 6.81. The number of ketones is 1. The lowest BCUT2D eigenvalue weighted by Gasteiger charge is -2.07. The minimum Gasteiger partial charge on any atom is -0.299 e. The van der Waals surface area contributed by atoms with Crippen LogP contribution >= 0.6 is 11.6 Å². The molecule has 0 aliphatic heterocycles. The molecule has 0 saturated carbocycles. The van der Waals surface area contributed by atoms with E-state index in [2.05, 4.69) is 5.10 Å². The minimum absolute atomic E-state index is 0.163. The van der Waals surface area contributed by atoms with E-state index in [4.69, 9.17) is 11.6 Å². The number of aryl methyl sites for hydroxylation is 3. The van der Waals surface area contributed by atoms with Crippen molar-refractivity contribution in [3.8, 4) is 0 Å². The van der Waals surface area contributed by atoms with Crippen LogP contribution in [0.2, 0.25) is 5.02 Å². The molecule has 0 bridgehead atoms. The third kappa shape index (κ3) is 3.10. The maximum absolute atomic E-state index is 12.3. The van der Waals surface area contributed by atoms with Gasteiger partial charge in [0.1, 0.15) is 5.78 Å². The number of nitrogens with zero attached hydrogens (tertiary/aromatic N) is 2. The molecule has 3 nitrogen and oxygen atoms in total.